The fourth-order valence-corrected chi connectivity index (χ4v) is 2.23. The van der Waals surface area contributed by atoms with E-state index >= 15 is 0 Å². The van der Waals surface area contributed by atoms with E-state index in [1.807, 2.05) is 24.3 Å². The van der Waals surface area contributed by atoms with Gasteiger partial charge < -0.3 is 14.8 Å². The molecule has 1 fully saturated rings. The van der Waals surface area contributed by atoms with E-state index in [0.29, 0.717) is 11.3 Å². The molecule has 1 atom stereocenters. The Morgan fingerprint density at radius 2 is 1.62 bits per heavy atom. The Bertz CT molecular complexity index is 683. The maximum atomic E-state index is 12.4. The molecule has 1 N–H and O–H groups in total. The van der Waals surface area contributed by atoms with Crippen molar-refractivity contribution in [3.8, 4) is 5.75 Å². The lowest BCUT2D eigenvalue weighted by atomic mass is 10.1. The summed E-state index contributed by atoms with van der Waals surface area (Å²) in [5, 5.41) is 2.87. The van der Waals surface area contributed by atoms with Crippen LogP contribution in [-0.4, -0.2) is 24.5 Å². The maximum absolute atomic E-state index is 12.4. The molecule has 0 saturated heterocycles. The highest BCUT2D eigenvalue weighted by molar-refractivity contribution is 5.85. The third-order valence-electron chi connectivity index (χ3n) is 3.61. The van der Waals surface area contributed by atoms with Crippen LogP contribution < -0.4 is 10.1 Å². The molecule has 3 rings (SSSR count). The summed E-state index contributed by atoms with van der Waals surface area (Å²) in [5.74, 6) is -0.302. The van der Waals surface area contributed by atoms with Crippen LogP contribution in [0.25, 0.3) is 0 Å². The number of carbonyl (C=O) groups is 2. The molecule has 0 radical (unpaired) electrons. The first-order chi connectivity index (χ1) is 11.7. The highest BCUT2D eigenvalue weighted by Gasteiger charge is 2.30. The standard InChI is InChI=1S/C19H19NO4/c21-17(13-23-16-9-5-2-6-10-16)24-18(14-7-3-1-4-8-14)19(22)20-15-11-12-15/h1-10,15,18H,11-13H2,(H,20,22)/t18-/m0/s1. The van der Waals surface area contributed by atoms with Crippen LogP contribution >= 0.6 is 0 Å². The van der Waals surface area contributed by atoms with Gasteiger partial charge in [0.1, 0.15) is 5.75 Å². The second-order valence-electron chi connectivity index (χ2n) is 5.67. The third-order valence-corrected chi connectivity index (χ3v) is 3.61. The van der Waals surface area contributed by atoms with E-state index < -0.39 is 12.1 Å². The van der Waals surface area contributed by atoms with Crippen LogP contribution in [-0.2, 0) is 14.3 Å². The monoisotopic (exact) mass is 325 g/mol. The Hall–Kier alpha value is -2.82. The van der Waals surface area contributed by atoms with E-state index in [1.54, 1.807) is 36.4 Å². The zero-order chi connectivity index (χ0) is 16.8. The van der Waals surface area contributed by atoms with Crippen molar-refractivity contribution in [2.75, 3.05) is 6.61 Å². The molecule has 0 spiro atoms. The van der Waals surface area contributed by atoms with Crippen LogP contribution in [0.15, 0.2) is 60.7 Å². The number of carbonyl (C=O) groups excluding carboxylic acids is 2. The number of ether oxygens (including phenoxy) is 2. The molecule has 2 aromatic rings. The van der Waals surface area contributed by atoms with E-state index in [9.17, 15) is 9.59 Å². The van der Waals surface area contributed by atoms with Crippen molar-refractivity contribution in [3.63, 3.8) is 0 Å². The summed E-state index contributed by atoms with van der Waals surface area (Å²) in [6.07, 6.45) is 0.982. The van der Waals surface area contributed by atoms with Gasteiger partial charge in [-0.3, -0.25) is 4.79 Å². The molecular weight excluding hydrogens is 306 g/mol. The molecule has 5 nitrogen and oxygen atoms in total. The fraction of sp³-hybridized carbons (Fsp3) is 0.263. The summed E-state index contributed by atoms with van der Waals surface area (Å²) in [4.78, 5) is 24.5. The number of para-hydroxylation sites is 1. The SMILES string of the molecule is O=C(COc1ccccc1)O[C@H](C(=O)NC1CC1)c1ccccc1. The van der Waals surface area contributed by atoms with E-state index in [2.05, 4.69) is 5.32 Å². The van der Waals surface area contributed by atoms with Crippen molar-refractivity contribution in [1.82, 2.24) is 5.32 Å². The lowest BCUT2D eigenvalue weighted by Gasteiger charge is -2.18. The van der Waals surface area contributed by atoms with Gasteiger partial charge in [-0.2, -0.15) is 0 Å². The van der Waals surface area contributed by atoms with Gasteiger partial charge in [-0.25, -0.2) is 4.79 Å². The van der Waals surface area contributed by atoms with Gasteiger partial charge in [0.25, 0.3) is 5.91 Å². The molecule has 5 heteroatoms. The number of hydrogen-bond donors (Lipinski definition) is 1. The molecule has 124 valence electrons. The van der Waals surface area contributed by atoms with Crippen LogP contribution in [0.3, 0.4) is 0 Å². The van der Waals surface area contributed by atoms with Crippen molar-refractivity contribution in [3.05, 3.63) is 66.2 Å². The van der Waals surface area contributed by atoms with Gasteiger partial charge in [0.05, 0.1) is 0 Å². The summed E-state index contributed by atoms with van der Waals surface area (Å²) >= 11 is 0. The minimum absolute atomic E-state index is 0.197. The number of nitrogens with one attached hydrogen (secondary N) is 1. The number of hydrogen-bond acceptors (Lipinski definition) is 4. The summed E-state index contributed by atoms with van der Waals surface area (Å²) in [6.45, 7) is -0.246. The Labute approximate surface area is 140 Å². The van der Waals surface area contributed by atoms with E-state index in [-0.39, 0.29) is 18.6 Å². The number of benzene rings is 2. The minimum Gasteiger partial charge on any atom is -0.482 e. The molecule has 1 aliphatic rings. The van der Waals surface area contributed by atoms with E-state index in [4.69, 9.17) is 9.47 Å². The second kappa shape index (κ2) is 7.64. The van der Waals surface area contributed by atoms with Gasteiger partial charge in [0.15, 0.2) is 6.61 Å². The Morgan fingerprint density at radius 3 is 2.25 bits per heavy atom. The Morgan fingerprint density at radius 1 is 1.00 bits per heavy atom. The molecule has 0 aliphatic heterocycles. The number of rotatable bonds is 7. The molecule has 1 amide bonds. The first-order valence-corrected chi connectivity index (χ1v) is 7.95. The first kappa shape index (κ1) is 16.1. The van der Waals surface area contributed by atoms with Gasteiger partial charge >= 0.3 is 5.97 Å². The number of amides is 1. The third kappa shape index (κ3) is 4.59. The van der Waals surface area contributed by atoms with Crippen LogP contribution in [0.5, 0.6) is 5.75 Å². The first-order valence-electron chi connectivity index (χ1n) is 7.95. The highest BCUT2D eigenvalue weighted by Crippen LogP contribution is 2.23. The normalized spacial score (nSPS) is 14.5. The number of esters is 1. The lowest BCUT2D eigenvalue weighted by molar-refractivity contribution is -0.158. The average Bonchev–Trinajstić information content (AvgIpc) is 3.43. The van der Waals surface area contributed by atoms with Crippen molar-refractivity contribution >= 4 is 11.9 Å². The minimum atomic E-state index is -0.960. The Kier molecular flexibility index (Phi) is 5.11. The molecule has 1 saturated carbocycles. The van der Waals surface area contributed by atoms with Crippen LogP contribution in [0.4, 0.5) is 0 Å². The van der Waals surface area contributed by atoms with E-state index in [0.717, 1.165) is 12.8 Å². The summed E-state index contributed by atoms with van der Waals surface area (Å²) < 4.78 is 10.7. The van der Waals surface area contributed by atoms with Gasteiger partial charge in [-0.15, -0.1) is 0 Å². The molecule has 0 aromatic heterocycles. The molecule has 0 bridgehead atoms. The average molecular weight is 325 g/mol. The zero-order valence-corrected chi connectivity index (χ0v) is 13.2. The molecular formula is C19H19NO4. The zero-order valence-electron chi connectivity index (χ0n) is 13.2. The van der Waals surface area contributed by atoms with Gasteiger partial charge in [0.2, 0.25) is 6.10 Å². The van der Waals surface area contributed by atoms with Crippen LogP contribution in [0.2, 0.25) is 0 Å². The molecule has 2 aromatic carbocycles. The maximum Gasteiger partial charge on any atom is 0.345 e. The quantitative estimate of drug-likeness (QED) is 0.795. The van der Waals surface area contributed by atoms with Crippen LogP contribution in [0, 0.1) is 0 Å². The fourth-order valence-electron chi connectivity index (χ4n) is 2.23. The smallest absolute Gasteiger partial charge is 0.345 e. The second-order valence-corrected chi connectivity index (χ2v) is 5.67. The van der Waals surface area contributed by atoms with E-state index in [1.165, 1.54) is 0 Å². The lowest BCUT2D eigenvalue weighted by Crippen LogP contribution is -2.34. The topological polar surface area (TPSA) is 64.6 Å². The largest absolute Gasteiger partial charge is 0.482 e. The predicted octanol–water partition coefficient (Wildman–Crippen LogP) is 2.63. The van der Waals surface area contributed by atoms with Gasteiger partial charge in [0, 0.05) is 11.6 Å². The summed E-state index contributed by atoms with van der Waals surface area (Å²) in [7, 11) is 0. The van der Waals surface area contributed by atoms with Gasteiger partial charge in [-0.1, -0.05) is 48.5 Å². The van der Waals surface area contributed by atoms with Crippen molar-refractivity contribution in [2.45, 2.75) is 25.0 Å². The molecule has 24 heavy (non-hydrogen) atoms. The van der Waals surface area contributed by atoms with Crippen LogP contribution in [0.1, 0.15) is 24.5 Å². The van der Waals surface area contributed by atoms with Crippen molar-refractivity contribution in [1.29, 1.82) is 0 Å². The van der Waals surface area contributed by atoms with Crippen molar-refractivity contribution < 1.29 is 19.1 Å². The molecule has 0 heterocycles. The van der Waals surface area contributed by atoms with Crippen molar-refractivity contribution in [2.24, 2.45) is 0 Å². The molecule has 1 aliphatic carbocycles. The predicted molar refractivity (Wildman–Crippen MR) is 88.4 cm³/mol. The summed E-state index contributed by atoms with van der Waals surface area (Å²) in [5.41, 5.74) is 0.642. The Balaban J connectivity index is 1.62. The van der Waals surface area contributed by atoms with Gasteiger partial charge in [-0.05, 0) is 25.0 Å². The molecule has 0 unspecified atom stereocenters. The summed E-state index contributed by atoms with van der Waals surface area (Å²) in [6, 6.07) is 18.2. The highest BCUT2D eigenvalue weighted by atomic mass is 16.6.